The molecule has 2 nitrogen and oxygen atoms in total. The molecule has 0 spiro atoms. The summed E-state index contributed by atoms with van der Waals surface area (Å²) in [5.41, 5.74) is 10.1. The van der Waals surface area contributed by atoms with E-state index in [1.54, 1.807) is 0 Å². The second-order valence-electron chi connectivity index (χ2n) is 5.20. The third-order valence-corrected chi connectivity index (χ3v) is 3.93. The molecule has 2 rings (SSSR count). The highest BCUT2D eigenvalue weighted by Crippen LogP contribution is 2.32. The van der Waals surface area contributed by atoms with E-state index in [4.69, 9.17) is 17.3 Å². The lowest BCUT2D eigenvalue weighted by molar-refractivity contribution is 0.147. The van der Waals surface area contributed by atoms with Crippen molar-refractivity contribution in [1.82, 2.24) is 0 Å². The molecule has 0 bridgehead atoms. The molecular formula is C17H20ClNO. The van der Waals surface area contributed by atoms with Gasteiger partial charge in [-0.2, -0.15) is 0 Å². The van der Waals surface area contributed by atoms with Crippen LogP contribution < -0.4 is 5.73 Å². The van der Waals surface area contributed by atoms with Crippen LogP contribution in [0, 0.1) is 13.8 Å². The van der Waals surface area contributed by atoms with Gasteiger partial charge in [-0.15, -0.1) is 0 Å². The maximum Gasteiger partial charge on any atom is 0.0873 e. The minimum atomic E-state index is -0.609. The average molecular weight is 290 g/mol. The summed E-state index contributed by atoms with van der Waals surface area (Å²) in [4.78, 5) is 0. The van der Waals surface area contributed by atoms with Crippen LogP contribution in [0.25, 0.3) is 0 Å². The summed E-state index contributed by atoms with van der Waals surface area (Å²) in [5.74, 6) is -0.131. The topological polar surface area (TPSA) is 46.2 Å². The number of aliphatic hydroxyl groups excluding tert-OH is 1. The molecule has 0 saturated carbocycles. The fraction of sp³-hybridized carbons (Fsp3) is 0.294. The van der Waals surface area contributed by atoms with Crippen LogP contribution >= 0.6 is 11.6 Å². The van der Waals surface area contributed by atoms with Gasteiger partial charge < -0.3 is 10.8 Å². The van der Waals surface area contributed by atoms with Gasteiger partial charge in [0, 0.05) is 17.5 Å². The van der Waals surface area contributed by atoms with Crippen molar-refractivity contribution in [2.24, 2.45) is 5.73 Å². The minimum absolute atomic E-state index is 0.131. The Morgan fingerprint density at radius 3 is 2.30 bits per heavy atom. The van der Waals surface area contributed by atoms with Gasteiger partial charge in [-0.3, -0.25) is 0 Å². The van der Waals surface area contributed by atoms with Crippen LogP contribution in [-0.4, -0.2) is 11.7 Å². The molecule has 0 aromatic heterocycles. The number of rotatable bonds is 4. The van der Waals surface area contributed by atoms with Gasteiger partial charge in [-0.1, -0.05) is 47.5 Å². The summed E-state index contributed by atoms with van der Waals surface area (Å²) < 4.78 is 0. The van der Waals surface area contributed by atoms with Gasteiger partial charge in [-0.25, -0.2) is 0 Å². The second kappa shape index (κ2) is 6.40. The van der Waals surface area contributed by atoms with Crippen LogP contribution in [0.3, 0.4) is 0 Å². The number of nitrogens with two attached hydrogens (primary N) is 1. The van der Waals surface area contributed by atoms with E-state index in [2.05, 4.69) is 6.07 Å². The summed E-state index contributed by atoms with van der Waals surface area (Å²) in [6, 6.07) is 13.6. The van der Waals surface area contributed by atoms with Gasteiger partial charge in [0.25, 0.3) is 0 Å². The monoisotopic (exact) mass is 289 g/mol. The Balaban J connectivity index is 2.33. The minimum Gasteiger partial charge on any atom is -0.388 e. The van der Waals surface area contributed by atoms with E-state index >= 15 is 0 Å². The first-order valence-electron chi connectivity index (χ1n) is 6.73. The number of aliphatic hydroxyl groups is 1. The van der Waals surface area contributed by atoms with Crippen molar-refractivity contribution in [3.63, 3.8) is 0 Å². The molecule has 0 amide bonds. The maximum atomic E-state index is 10.7. The summed E-state index contributed by atoms with van der Waals surface area (Å²) >= 11 is 5.91. The normalized spacial score (nSPS) is 14.1. The molecule has 0 saturated heterocycles. The first-order chi connectivity index (χ1) is 9.52. The van der Waals surface area contributed by atoms with Gasteiger partial charge in [0.1, 0.15) is 0 Å². The van der Waals surface area contributed by atoms with Crippen LogP contribution in [0.4, 0.5) is 0 Å². The predicted molar refractivity (Wildman–Crippen MR) is 84.1 cm³/mol. The quantitative estimate of drug-likeness (QED) is 0.901. The predicted octanol–water partition coefficient (Wildman–Crippen LogP) is 3.73. The zero-order valence-corrected chi connectivity index (χ0v) is 12.6. The Hall–Kier alpha value is -1.35. The fourth-order valence-corrected chi connectivity index (χ4v) is 2.66. The third kappa shape index (κ3) is 3.21. The highest BCUT2D eigenvalue weighted by molar-refractivity contribution is 6.30. The van der Waals surface area contributed by atoms with E-state index in [-0.39, 0.29) is 5.92 Å². The van der Waals surface area contributed by atoms with Crippen molar-refractivity contribution in [2.45, 2.75) is 25.9 Å². The van der Waals surface area contributed by atoms with E-state index in [1.807, 2.05) is 50.2 Å². The van der Waals surface area contributed by atoms with Gasteiger partial charge in [0.05, 0.1) is 6.10 Å². The molecule has 3 N–H and O–H groups in total. The molecule has 0 aliphatic carbocycles. The van der Waals surface area contributed by atoms with Gasteiger partial charge in [0.15, 0.2) is 0 Å². The van der Waals surface area contributed by atoms with E-state index in [0.29, 0.717) is 11.6 Å². The van der Waals surface area contributed by atoms with Crippen LogP contribution in [0.15, 0.2) is 42.5 Å². The lowest BCUT2D eigenvalue weighted by atomic mass is 9.87. The molecule has 20 heavy (non-hydrogen) atoms. The van der Waals surface area contributed by atoms with Crippen molar-refractivity contribution in [3.05, 3.63) is 69.7 Å². The van der Waals surface area contributed by atoms with Crippen LogP contribution in [0.1, 0.15) is 34.3 Å². The molecule has 106 valence electrons. The molecule has 2 unspecified atom stereocenters. The lowest BCUT2D eigenvalue weighted by Gasteiger charge is -2.24. The summed E-state index contributed by atoms with van der Waals surface area (Å²) in [6.07, 6.45) is -0.609. The lowest BCUT2D eigenvalue weighted by Crippen LogP contribution is -2.20. The Bertz CT molecular complexity index is 580. The average Bonchev–Trinajstić information content (AvgIpc) is 2.41. The molecule has 3 heteroatoms. The Labute approximate surface area is 125 Å². The molecule has 2 aromatic carbocycles. The summed E-state index contributed by atoms with van der Waals surface area (Å²) in [5, 5.41) is 11.3. The smallest absolute Gasteiger partial charge is 0.0873 e. The fourth-order valence-electron chi connectivity index (χ4n) is 2.53. The number of halogens is 1. The molecule has 2 atom stereocenters. The molecule has 2 aromatic rings. The highest BCUT2D eigenvalue weighted by Gasteiger charge is 2.22. The van der Waals surface area contributed by atoms with Gasteiger partial charge >= 0.3 is 0 Å². The van der Waals surface area contributed by atoms with Gasteiger partial charge in [-0.05, 0) is 42.7 Å². The Morgan fingerprint density at radius 1 is 1.10 bits per heavy atom. The van der Waals surface area contributed by atoms with Crippen molar-refractivity contribution in [3.8, 4) is 0 Å². The second-order valence-corrected chi connectivity index (χ2v) is 5.64. The number of hydrogen-bond donors (Lipinski definition) is 2. The zero-order valence-electron chi connectivity index (χ0n) is 11.8. The molecule has 0 heterocycles. The molecule has 0 aliphatic heterocycles. The first-order valence-corrected chi connectivity index (χ1v) is 7.11. The number of aryl methyl sites for hydroxylation is 2. The van der Waals surface area contributed by atoms with Crippen molar-refractivity contribution in [2.75, 3.05) is 6.54 Å². The zero-order chi connectivity index (χ0) is 14.7. The van der Waals surface area contributed by atoms with Crippen LogP contribution in [0.2, 0.25) is 5.02 Å². The molecule has 0 fully saturated rings. The van der Waals surface area contributed by atoms with Crippen molar-refractivity contribution in [1.29, 1.82) is 0 Å². The summed E-state index contributed by atoms with van der Waals surface area (Å²) in [7, 11) is 0. The van der Waals surface area contributed by atoms with Crippen LogP contribution in [0.5, 0.6) is 0 Å². The van der Waals surface area contributed by atoms with Crippen LogP contribution in [-0.2, 0) is 0 Å². The Morgan fingerprint density at radius 2 is 1.75 bits per heavy atom. The molecular weight excluding hydrogens is 270 g/mol. The van der Waals surface area contributed by atoms with E-state index in [0.717, 1.165) is 16.7 Å². The Kier molecular flexibility index (Phi) is 4.81. The van der Waals surface area contributed by atoms with Crippen molar-refractivity contribution < 1.29 is 5.11 Å². The van der Waals surface area contributed by atoms with E-state index < -0.39 is 6.10 Å². The van der Waals surface area contributed by atoms with E-state index in [1.165, 1.54) is 5.56 Å². The largest absolute Gasteiger partial charge is 0.388 e. The molecule has 0 aliphatic rings. The van der Waals surface area contributed by atoms with Crippen molar-refractivity contribution >= 4 is 11.6 Å². The number of benzene rings is 2. The molecule has 0 radical (unpaired) electrons. The SMILES string of the molecule is Cc1ccc(C(O)C(CN)c2ccc(Cl)cc2)c(C)c1. The van der Waals surface area contributed by atoms with Gasteiger partial charge in [0.2, 0.25) is 0 Å². The standard InChI is InChI=1S/C17H20ClNO/c1-11-3-8-15(12(2)9-11)17(20)16(10-19)13-4-6-14(18)7-5-13/h3-9,16-17,20H,10,19H2,1-2H3. The first kappa shape index (κ1) is 15.0. The maximum absolute atomic E-state index is 10.7. The number of hydrogen-bond acceptors (Lipinski definition) is 2. The third-order valence-electron chi connectivity index (χ3n) is 3.68. The van der Waals surface area contributed by atoms with E-state index in [9.17, 15) is 5.11 Å². The summed E-state index contributed by atoms with van der Waals surface area (Å²) in [6.45, 7) is 4.44. The highest BCUT2D eigenvalue weighted by atomic mass is 35.5.